The van der Waals surface area contributed by atoms with Gasteiger partial charge in [0.25, 0.3) is 10.1 Å². The minimum absolute atomic E-state index is 0.105. The van der Waals surface area contributed by atoms with Crippen molar-refractivity contribution in [2.24, 2.45) is 0 Å². The molecule has 5 nitrogen and oxygen atoms in total. The zero-order valence-electron chi connectivity index (χ0n) is 15.9. The third-order valence-electron chi connectivity index (χ3n) is 4.82. The van der Waals surface area contributed by atoms with Crippen LogP contribution in [0.4, 0.5) is 0 Å². The second-order valence-electron chi connectivity index (χ2n) is 7.65. The molecule has 144 valence electrons. The molecular weight excluding hydrogens is 386 g/mol. The lowest BCUT2D eigenvalue weighted by Gasteiger charge is -2.45. The van der Waals surface area contributed by atoms with E-state index in [4.69, 9.17) is 4.55 Å². The third kappa shape index (κ3) is 4.08. The van der Waals surface area contributed by atoms with Gasteiger partial charge in [-0.1, -0.05) is 61.7 Å². The second-order valence-corrected chi connectivity index (χ2v) is 16.1. The summed E-state index contributed by atoms with van der Waals surface area (Å²) >= 11 is 1.58. The van der Waals surface area contributed by atoms with Crippen LogP contribution < -0.4 is 0 Å². The van der Waals surface area contributed by atoms with Crippen LogP contribution >= 0.6 is 11.8 Å². The Morgan fingerprint density at radius 2 is 1.81 bits per heavy atom. The van der Waals surface area contributed by atoms with E-state index in [1.54, 1.807) is 11.8 Å². The van der Waals surface area contributed by atoms with Crippen molar-refractivity contribution in [3.63, 3.8) is 0 Å². The maximum Gasteiger partial charge on any atom is 0.264 e. The smallest absolute Gasteiger partial charge is 0.264 e. The maximum absolute atomic E-state index is 13.6. The van der Waals surface area contributed by atoms with Crippen molar-refractivity contribution in [2.75, 3.05) is 12.8 Å². The van der Waals surface area contributed by atoms with Gasteiger partial charge in [0.2, 0.25) is 0 Å². The van der Waals surface area contributed by atoms with Crippen molar-refractivity contribution < 1.29 is 17.8 Å². The minimum atomic E-state index is -3.97. The first-order chi connectivity index (χ1) is 11.9. The van der Waals surface area contributed by atoms with Crippen LogP contribution in [0.5, 0.6) is 0 Å². The lowest BCUT2D eigenvalue weighted by molar-refractivity contribution is 0.0910. The number of carbonyl (C=O) groups is 1. The highest BCUT2D eigenvalue weighted by Gasteiger charge is 2.57. The zero-order valence-corrected chi connectivity index (χ0v) is 18.6. The molecule has 1 aliphatic heterocycles. The van der Waals surface area contributed by atoms with Crippen molar-refractivity contribution in [2.45, 2.75) is 43.9 Å². The molecule has 2 rings (SSSR count). The van der Waals surface area contributed by atoms with Crippen LogP contribution in [0, 0.1) is 0 Å². The van der Waals surface area contributed by atoms with E-state index in [1.807, 2.05) is 44.3 Å². The first kappa shape index (κ1) is 21.2. The number of hydrogen-bond acceptors (Lipinski definition) is 5. The van der Waals surface area contributed by atoms with E-state index in [1.165, 1.54) is 0 Å². The first-order valence-corrected chi connectivity index (χ1v) is 14.5. The molecule has 0 amide bonds. The van der Waals surface area contributed by atoms with E-state index in [0.717, 1.165) is 10.6 Å². The lowest BCUT2D eigenvalue weighted by Crippen LogP contribution is -2.62. The fraction of sp³-hybridized carbons (Fsp3) is 0.500. The Bertz CT molecular complexity index is 815. The zero-order chi connectivity index (χ0) is 19.8. The SMILES string of the molecule is CC1=C(CCCS(=O)(=O)O)SC(C(=O)c2ccccc2)([Si](C)(C)C)N1C. The summed E-state index contributed by atoms with van der Waals surface area (Å²) in [6, 6.07) is 9.35. The quantitative estimate of drug-likeness (QED) is 0.413. The molecule has 1 aromatic carbocycles. The topological polar surface area (TPSA) is 74.7 Å². The molecule has 1 heterocycles. The average molecular weight is 414 g/mol. The fourth-order valence-electron chi connectivity index (χ4n) is 3.37. The summed E-state index contributed by atoms with van der Waals surface area (Å²) in [5.41, 5.74) is 1.71. The number of likely N-dealkylation sites (N-methyl/N-ethyl adjacent to an activating group) is 1. The van der Waals surface area contributed by atoms with E-state index in [9.17, 15) is 13.2 Å². The van der Waals surface area contributed by atoms with E-state index in [0.29, 0.717) is 18.4 Å². The summed E-state index contributed by atoms with van der Waals surface area (Å²) in [6.07, 6.45) is 0.878. The molecule has 0 fully saturated rings. The Balaban J connectivity index is 2.36. The minimum Gasteiger partial charge on any atom is -0.359 e. The monoisotopic (exact) mass is 413 g/mol. The maximum atomic E-state index is 13.6. The van der Waals surface area contributed by atoms with Crippen LogP contribution in [0.1, 0.15) is 30.1 Å². The standard InChI is InChI=1S/C18H27NO4S2Si/c1-14-16(12-9-13-25(21,22)23)24-18(19(14)2,26(3,4)5)17(20)15-10-7-6-8-11-15/h6-8,10-11H,9,12-13H2,1-5H3,(H,21,22,23). The van der Waals surface area contributed by atoms with Crippen molar-refractivity contribution >= 4 is 35.7 Å². The molecule has 0 bridgehead atoms. The van der Waals surface area contributed by atoms with Gasteiger partial charge in [-0.25, -0.2) is 0 Å². The Hall–Kier alpha value is -1.09. The summed E-state index contributed by atoms with van der Waals surface area (Å²) in [5, 5.41) is 0. The van der Waals surface area contributed by atoms with Crippen molar-refractivity contribution in [1.82, 2.24) is 4.90 Å². The summed E-state index contributed by atoms with van der Waals surface area (Å²) < 4.78 is 30.3. The van der Waals surface area contributed by atoms with Gasteiger partial charge in [0.15, 0.2) is 5.78 Å². The van der Waals surface area contributed by atoms with Crippen LogP contribution in [0.3, 0.4) is 0 Å². The van der Waals surface area contributed by atoms with Crippen molar-refractivity contribution in [1.29, 1.82) is 0 Å². The van der Waals surface area contributed by atoms with Gasteiger partial charge >= 0.3 is 0 Å². The largest absolute Gasteiger partial charge is 0.359 e. The molecular formula is C18H27NO4S2Si. The molecule has 1 aromatic rings. The van der Waals surface area contributed by atoms with Gasteiger partial charge in [0.05, 0.1) is 13.8 Å². The van der Waals surface area contributed by atoms with Crippen LogP contribution in [-0.4, -0.2) is 49.0 Å². The highest BCUT2D eigenvalue weighted by Crippen LogP contribution is 2.53. The van der Waals surface area contributed by atoms with Crippen molar-refractivity contribution in [3.8, 4) is 0 Å². The van der Waals surface area contributed by atoms with E-state index in [2.05, 4.69) is 24.5 Å². The van der Waals surface area contributed by atoms with E-state index in [-0.39, 0.29) is 11.5 Å². The number of Topliss-reactive ketones (excluding diaryl/α,β-unsaturated/α-hetero) is 1. The summed E-state index contributed by atoms with van der Waals surface area (Å²) in [6.45, 7) is 8.54. The number of allylic oxidation sites excluding steroid dienone is 2. The molecule has 1 N–H and O–H groups in total. The van der Waals surface area contributed by atoms with Gasteiger partial charge in [0, 0.05) is 23.2 Å². The Labute approximate surface area is 161 Å². The molecule has 0 aliphatic carbocycles. The Kier molecular flexibility index (Phi) is 6.12. The number of hydrogen-bond donors (Lipinski definition) is 1. The summed E-state index contributed by atoms with van der Waals surface area (Å²) in [4.78, 5) is 16.7. The number of rotatable bonds is 7. The highest BCUT2D eigenvalue weighted by molar-refractivity contribution is 8.07. The predicted molar refractivity (Wildman–Crippen MR) is 111 cm³/mol. The molecule has 1 atom stereocenters. The number of thioether (sulfide) groups is 1. The summed E-state index contributed by atoms with van der Waals surface area (Å²) in [7, 11) is -4.02. The number of carbonyl (C=O) groups excluding carboxylic acids is 1. The molecule has 1 aliphatic rings. The van der Waals surface area contributed by atoms with Gasteiger partial charge in [-0.15, -0.1) is 0 Å². The average Bonchev–Trinajstić information content (AvgIpc) is 2.79. The van der Waals surface area contributed by atoms with Gasteiger partial charge in [-0.05, 0) is 19.8 Å². The van der Waals surface area contributed by atoms with Crippen LogP contribution in [-0.2, 0) is 10.1 Å². The predicted octanol–water partition coefficient (Wildman–Crippen LogP) is 4.02. The fourth-order valence-corrected chi connectivity index (χ4v) is 8.85. The third-order valence-corrected chi connectivity index (χ3v) is 11.9. The van der Waals surface area contributed by atoms with Gasteiger partial charge in [-0.3, -0.25) is 9.35 Å². The lowest BCUT2D eigenvalue weighted by atomic mass is 10.1. The van der Waals surface area contributed by atoms with Gasteiger partial charge in [0.1, 0.15) is 4.49 Å². The van der Waals surface area contributed by atoms with Crippen LogP contribution in [0.25, 0.3) is 0 Å². The molecule has 8 heteroatoms. The molecule has 26 heavy (non-hydrogen) atoms. The Morgan fingerprint density at radius 1 is 1.23 bits per heavy atom. The highest BCUT2D eigenvalue weighted by atomic mass is 32.2. The molecule has 0 aromatic heterocycles. The van der Waals surface area contributed by atoms with Gasteiger partial charge in [-0.2, -0.15) is 8.42 Å². The molecule has 0 spiro atoms. The van der Waals surface area contributed by atoms with E-state index < -0.39 is 22.7 Å². The normalized spacial score (nSPS) is 21.4. The van der Waals surface area contributed by atoms with E-state index >= 15 is 0 Å². The van der Waals surface area contributed by atoms with Crippen LogP contribution in [0.2, 0.25) is 19.6 Å². The van der Waals surface area contributed by atoms with Crippen LogP contribution in [0.15, 0.2) is 40.9 Å². The van der Waals surface area contributed by atoms with Crippen molar-refractivity contribution in [3.05, 3.63) is 46.5 Å². The number of benzene rings is 1. The Morgan fingerprint density at radius 3 is 2.31 bits per heavy atom. The first-order valence-electron chi connectivity index (χ1n) is 8.58. The molecule has 0 saturated heterocycles. The molecule has 1 unspecified atom stereocenters. The second kappa shape index (κ2) is 7.50. The van der Waals surface area contributed by atoms with Gasteiger partial charge < -0.3 is 4.90 Å². The number of nitrogens with zero attached hydrogens (tertiary/aromatic N) is 1. The number of ketones is 1. The molecule has 0 saturated carbocycles. The summed E-state index contributed by atoms with van der Waals surface area (Å²) in [5.74, 6) is -0.158. The molecule has 0 radical (unpaired) electrons.